The summed E-state index contributed by atoms with van der Waals surface area (Å²) in [7, 11) is 3.16. The van der Waals surface area contributed by atoms with Crippen LogP contribution >= 0.6 is 11.3 Å². The topological polar surface area (TPSA) is 156 Å². The molecule has 1 N–H and O–H groups in total. The fourth-order valence-electron chi connectivity index (χ4n) is 3.59. The molecule has 0 fully saturated rings. The Morgan fingerprint density at radius 1 is 1.05 bits per heavy atom. The molecule has 0 radical (unpaired) electrons. The maximum absolute atomic E-state index is 13.0. The van der Waals surface area contributed by atoms with Gasteiger partial charge in [-0.05, 0) is 36.4 Å². The molecule has 5 rings (SSSR count). The number of aromatic nitrogens is 5. The van der Waals surface area contributed by atoms with Crippen LogP contribution in [-0.4, -0.2) is 63.0 Å². The molecular weight excluding hydrogens is 526 g/mol. The number of pyridine rings is 1. The summed E-state index contributed by atoms with van der Waals surface area (Å²) in [5, 5.41) is 18.6. The molecule has 0 atom stereocenters. The second kappa shape index (κ2) is 11.2. The molecule has 0 saturated heterocycles. The van der Waals surface area contributed by atoms with E-state index in [0.717, 1.165) is 11.3 Å². The first-order valence-corrected chi connectivity index (χ1v) is 12.3. The molecule has 39 heavy (non-hydrogen) atoms. The van der Waals surface area contributed by atoms with E-state index in [1.807, 2.05) is 12.1 Å². The number of ether oxygens (including phenoxy) is 3. The average molecular weight is 548 g/mol. The van der Waals surface area contributed by atoms with Crippen LogP contribution in [0.5, 0.6) is 11.6 Å². The van der Waals surface area contributed by atoms with Crippen molar-refractivity contribution in [3.05, 3.63) is 75.9 Å². The van der Waals surface area contributed by atoms with Crippen molar-refractivity contribution < 1.29 is 23.9 Å². The first-order valence-electron chi connectivity index (χ1n) is 11.5. The molecule has 5 aromatic rings. The Morgan fingerprint density at radius 2 is 1.87 bits per heavy atom. The van der Waals surface area contributed by atoms with Crippen LogP contribution < -0.4 is 14.8 Å². The van der Waals surface area contributed by atoms with E-state index >= 15 is 0 Å². The SMILES string of the molecule is COCCOc1ccc(-c2nc(NC(=O)c3ccc([N+](=O)[O-])s3)c3cnn(-c4ccc(OC)cc4)c3n2)cn1. The Hall–Kier alpha value is -4.95. The van der Waals surface area contributed by atoms with E-state index in [1.165, 1.54) is 12.1 Å². The van der Waals surface area contributed by atoms with Gasteiger partial charge in [-0.15, -0.1) is 0 Å². The van der Waals surface area contributed by atoms with E-state index in [2.05, 4.69) is 20.4 Å². The van der Waals surface area contributed by atoms with Crippen LogP contribution in [0.15, 0.2) is 60.9 Å². The number of nitro groups is 1. The first-order chi connectivity index (χ1) is 19.0. The highest BCUT2D eigenvalue weighted by Gasteiger charge is 2.20. The number of rotatable bonds is 10. The highest BCUT2D eigenvalue weighted by atomic mass is 32.1. The largest absolute Gasteiger partial charge is 0.497 e. The number of nitrogens with one attached hydrogen (secondary N) is 1. The predicted molar refractivity (Wildman–Crippen MR) is 143 cm³/mol. The molecular formula is C25H21N7O6S. The summed E-state index contributed by atoms with van der Waals surface area (Å²) in [5.41, 5.74) is 1.71. The summed E-state index contributed by atoms with van der Waals surface area (Å²) in [6.45, 7) is 0.776. The van der Waals surface area contributed by atoms with Crippen LogP contribution in [0.25, 0.3) is 28.1 Å². The fourth-order valence-corrected chi connectivity index (χ4v) is 4.31. The zero-order chi connectivity index (χ0) is 27.4. The predicted octanol–water partition coefficient (Wildman–Crippen LogP) is 4.13. The number of methoxy groups -OCH3 is 2. The third kappa shape index (κ3) is 5.51. The third-order valence-corrected chi connectivity index (χ3v) is 6.54. The molecule has 0 aliphatic rings. The van der Waals surface area contributed by atoms with Gasteiger partial charge in [-0.25, -0.2) is 19.6 Å². The van der Waals surface area contributed by atoms with Gasteiger partial charge >= 0.3 is 5.00 Å². The van der Waals surface area contributed by atoms with Crippen molar-refractivity contribution in [1.82, 2.24) is 24.7 Å². The first kappa shape index (κ1) is 25.7. The van der Waals surface area contributed by atoms with Crippen LogP contribution in [0.3, 0.4) is 0 Å². The van der Waals surface area contributed by atoms with Gasteiger partial charge in [0.25, 0.3) is 5.91 Å². The maximum atomic E-state index is 13.0. The standard InChI is InChI=1S/C25H21N7O6S/c1-36-11-12-38-20-9-3-15(13-26-20)22-28-23(30-25(33)19-8-10-21(39-19)32(34)35)18-14-27-31(24(18)29-22)16-4-6-17(37-2)7-5-16/h3-10,13-14H,11-12H2,1-2H3,(H,28,29,30,33). The Labute approximate surface area is 225 Å². The molecule has 14 heteroatoms. The monoisotopic (exact) mass is 547 g/mol. The molecule has 0 spiro atoms. The highest BCUT2D eigenvalue weighted by molar-refractivity contribution is 7.17. The van der Waals surface area contributed by atoms with Gasteiger partial charge in [0.05, 0.1) is 40.8 Å². The Balaban J connectivity index is 1.55. The van der Waals surface area contributed by atoms with Gasteiger partial charge in [-0.2, -0.15) is 5.10 Å². The lowest BCUT2D eigenvalue weighted by molar-refractivity contribution is -0.380. The van der Waals surface area contributed by atoms with E-state index < -0.39 is 10.8 Å². The van der Waals surface area contributed by atoms with Gasteiger partial charge in [0.2, 0.25) is 5.88 Å². The smallest absolute Gasteiger partial charge is 0.324 e. The number of benzene rings is 1. The number of anilines is 1. The maximum Gasteiger partial charge on any atom is 0.324 e. The number of thiophene rings is 1. The quantitative estimate of drug-likeness (QED) is 0.153. The Bertz CT molecular complexity index is 1630. The second-order valence-corrected chi connectivity index (χ2v) is 9.03. The molecule has 198 valence electrons. The van der Waals surface area contributed by atoms with Crippen molar-refractivity contribution in [2.45, 2.75) is 0 Å². The number of carbonyl (C=O) groups is 1. The third-order valence-electron chi connectivity index (χ3n) is 5.50. The summed E-state index contributed by atoms with van der Waals surface area (Å²) >= 11 is 0.769. The number of carbonyl (C=O) groups excluding carboxylic acids is 1. The van der Waals surface area contributed by atoms with E-state index in [1.54, 1.807) is 55.6 Å². The molecule has 0 bridgehead atoms. The highest BCUT2D eigenvalue weighted by Crippen LogP contribution is 2.29. The summed E-state index contributed by atoms with van der Waals surface area (Å²) in [6, 6.07) is 13.3. The fraction of sp³-hybridized carbons (Fsp3) is 0.160. The van der Waals surface area contributed by atoms with Crippen LogP contribution in [0.1, 0.15) is 9.67 Å². The molecule has 4 heterocycles. The zero-order valence-electron chi connectivity index (χ0n) is 20.7. The Kier molecular flexibility index (Phi) is 7.38. The van der Waals surface area contributed by atoms with Crippen LogP contribution in [0, 0.1) is 10.1 Å². The van der Waals surface area contributed by atoms with Crippen molar-refractivity contribution >= 4 is 39.1 Å². The van der Waals surface area contributed by atoms with Gasteiger partial charge in [-0.1, -0.05) is 11.3 Å². The van der Waals surface area contributed by atoms with E-state index in [4.69, 9.17) is 19.2 Å². The zero-order valence-corrected chi connectivity index (χ0v) is 21.5. The van der Waals surface area contributed by atoms with Crippen molar-refractivity contribution in [3.63, 3.8) is 0 Å². The number of nitrogens with zero attached hydrogens (tertiary/aromatic N) is 6. The normalized spacial score (nSPS) is 10.9. The molecule has 0 unspecified atom stereocenters. The van der Waals surface area contributed by atoms with Gasteiger partial charge < -0.3 is 19.5 Å². The van der Waals surface area contributed by atoms with Crippen molar-refractivity contribution in [2.75, 3.05) is 32.8 Å². The lowest BCUT2D eigenvalue weighted by Gasteiger charge is -2.10. The minimum atomic E-state index is -0.545. The number of amides is 1. The lowest BCUT2D eigenvalue weighted by atomic mass is 10.2. The summed E-state index contributed by atoms with van der Waals surface area (Å²) in [4.78, 5) is 37.3. The summed E-state index contributed by atoms with van der Waals surface area (Å²) < 4.78 is 17.4. The van der Waals surface area contributed by atoms with Crippen LogP contribution in [0.2, 0.25) is 0 Å². The van der Waals surface area contributed by atoms with Crippen LogP contribution in [0.4, 0.5) is 10.8 Å². The molecule has 0 aliphatic heterocycles. The van der Waals surface area contributed by atoms with Crippen molar-refractivity contribution in [3.8, 4) is 28.7 Å². The molecule has 1 amide bonds. The minimum Gasteiger partial charge on any atom is -0.497 e. The number of hydrogen-bond donors (Lipinski definition) is 1. The molecule has 0 saturated carbocycles. The number of fused-ring (bicyclic) bond motifs is 1. The van der Waals surface area contributed by atoms with Crippen LogP contribution in [-0.2, 0) is 4.74 Å². The molecule has 1 aromatic carbocycles. The molecule has 4 aromatic heterocycles. The van der Waals surface area contributed by atoms with Gasteiger partial charge in [0, 0.05) is 31.0 Å². The minimum absolute atomic E-state index is 0.139. The van der Waals surface area contributed by atoms with E-state index in [0.29, 0.717) is 47.1 Å². The Morgan fingerprint density at radius 3 is 2.54 bits per heavy atom. The van der Waals surface area contributed by atoms with E-state index in [9.17, 15) is 14.9 Å². The number of hydrogen-bond acceptors (Lipinski definition) is 11. The summed E-state index contributed by atoms with van der Waals surface area (Å²) in [6.07, 6.45) is 3.10. The summed E-state index contributed by atoms with van der Waals surface area (Å²) in [5.74, 6) is 1.02. The molecule has 0 aliphatic carbocycles. The lowest BCUT2D eigenvalue weighted by Crippen LogP contribution is -2.13. The van der Waals surface area contributed by atoms with Gasteiger partial charge in [-0.3, -0.25) is 14.9 Å². The molecule has 13 nitrogen and oxygen atoms in total. The van der Waals surface area contributed by atoms with Gasteiger partial charge in [0.1, 0.15) is 18.2 Å². The second-order valence-electron chi connectivity index (χ2n) is 7.96. The van der Waals surface area contributed by atoms with Crippen molar-refractivity contribution in [1.29, 1.82) is 0 Å². The average Bonchev–Trinajstić information content (AvgIpc) is 3.62. The van der Waals surface area contributed by atoms with E-state index in [-0.39, 0.29) is 21.5 Å². The van der Waals surface area contributed by atoms with Crippen molar-refractivity contribution in [2.24, 2.45) is 0 Å². The van der Waals surface area contributed by atoms with Gasteiger partial charge in [0.15, 0.2) is 11.5 Å².